The number of hydrogen-bond acceptors (Lipinski definition) is 8. The number of ether oxygens (including phenoxy) is 2. The highest BCUT2D eigenvalue weighted by atomic mass is 16.5. The molecule has 0 amide bonds. The summed E-state index contributed by atoms with van der Waals surface area (Å²) in [5, 5.41) is 10.8. The van der Waals surface area contributed by atoms with Crippen molar-refractivity contribution in [1.29, 1.82) is 0 Å². The van der Waals surface area contributed by atoms with Crippen LogP contribution in [-0.4, -0.2) is 58.0 Å². The number of benzene rings is 1. The SMILES string of the molecule is CCN(CC)CCOc1cc(Nc2nccc(Nc3ccnn3CC)n2)ccc1OC. The minimum atomic E-state index is 0.479. The molecule has 3 rings (SSSR count). The maximum atomic E-state index is 5.99. The Labute approximate surface area is 183 Å². The second kappa shape index (κ2) is 11.2. The number of methoxy groups -OCH3 is 1. The summed E-state index contributed by atoms with van der Waals surface area (Å²) in [5.74, 6) is 3.40. The predicted molar refractivity (Wildman–Crippen MR) is 123 cm³/mol. The molecule has 0 aliphatic carbocycles. The van der Waals surface area contributed by atoms with Crippen molar-refractivity contribution in [2.45, 2.75) is 27.3 Å². The van der Waals surface area contributed by atoms with E-state index in [4.69, 9.17) is 9.47 Å². The van der Waals surface area contributed by atoms with Crippen LogP contribution < -0.4 is 20.1 Å². The van der Waals surface area contributed by atoms with E-state index in [-0.39, 0.29) is 0 Å². The molecule has 2 N–H and O–H groups in total. The van der Waals surface area contributed by atoms with Crippen LogP contribution in [0.2, 0.25) is 0 Å². The summed E-state index contributed by atoms with van der Waals surface area (Å²) < 4.78 is 13.3. The summed E-state index contributed by atoms with van der Waals surface area (Å²) >= 11 is 0. The molecule has 0 saturated heterocycles. The van der Waals surface area contributed by atoms with Gasteiger partial charge in [-0.25, -0.2) is 9.67 Å². The molecule has 0 bridgehead atoms. The molecule has 0 aliphatic rings. The standard InChI is InChI=1S/C22H31N7O2/c1-5-28(6-2)14-15-31-19-16-17(8-9-18(19)30-4)25-22-23-12-10-20(27-22)26-21-11-13-24-29(21)7-3/h8-13,16H,5-7,14-15H2,1-4H3,(H2,23,25,26,27). The highest BCUT2D eigenvalue weighted by Crippen LogP contribution is 2.31. The van der Waals surface area contributed by atoms with E-state index in [1.807, 2.05) is 41.9 Å². The molecule has 0 saturated carbocycles. The molecule has 9 nitrogen and oxygen atoms in total. The Balaban J connectivity index is 1.69. The highest BCUT2D eigenvalue weighted by molar-refractivity contribution is 5.61. The van der Waals surface area contributed by atoms with Crippen LogP contribution >= 0.6 is 0 Å². The van der Waals surface area contributed by atoms with Gasteiger partial charge in [0.05, 0.1) is 13.3 Å². The van der Waals surface area contributed by atoms with E-state index in [0.717, 1.165) is 37.7 Å². The van der Waals surface area contributed by atoms with Crippen molar-refractivity contribution in [2.75, 3.05) is 44.0 Å². The number of nitrogens with one attached hydrogen (secondary N) is 2. The molecule has 0 spiro atoms. The van der Waals surface area contributed by atoms with Gasteiger partial charge in [0, 0.05) is 37.1 Å². The topological polar surface area (TPSA) is 89.4 Å². The lowest BCUT2D eigenvalue weighted by Crippen LogP contribution is -2.27. The van der Waals surface area contributed by atoms with Crippen molar-refractivity contribution < 1.29 is 9.47 Å². The van der Waals surface area contributed by atoms with Crippen LogP contribution in [-0.2, 0) is 6.54 Å². The lowest BCUT2D eigenvalue weighted by atomic mass is 10.2. The van der Waals surface area contributed by atoms with Gasteiger partial charge in [-0.1, -0.05) is 13.8 Å². The van der Waals surface area contributed by atoms with Crippen molar-refractivity contribution in [1.82, 2.24) is 24.6 Å². The van der Waals surface area contributed by atoms with Gasteiger partial charge in [0.15, 0.2) is 11.5 Å². The first kappa shape index (κ1) is 22.4. The Bertz CT molecular complexity index is 957. The molecule has 31 heavy (non-hydrogen) atoms. The molecule has 1 aromatic carbocycles. The van der Waals surface area contributed by atoms with Crippen LogP contribution in [0.3, 0.4) is 0 Å². The van der Waals surface area contributed by atoms with E-state index in [0.29, 0.717) is 29.9 Å². The number of rotatable bonds is 12. The van der Waals surface area contributed by atoms with Crippen LogP contribution in [0.25, 0.3) is 0 Å². The van der Waals surface area contributed by atoms with Crippen molar-refractivity contribution in [2.24, 2.45) is 0 Å². The van der Waals surface area contributed by atoms with Gasteiger partial charge in [0.1, 0.15) is 18.2 Å². The van der Waals surface area contributed by atoms with Crippen LogP contribution in [0, 0.1) is 0 Å². The summed E-state index contributed by atoms with van der Waals surface area (Å²) in [7, 11) is 1.64. The molecule has 9 heteroatoms. The van der Waals surface area contributed by atoms with E-state index < -0.39 is 0 Å². The number of hydrogen-bond donors (Lipinski definition) is 2. The largest absolute Gasteiger partial charge is 0.493 e. The van der Waals surface area contributed by atoms with Gasteiger partial charge in [-0.15, -0.1) is 0 Å². The minimum absolute atomic E-state index is 0.479. The van der Waals surface area contributed by atoms with Gasteiger partial charge in [-0.3, -0.25) is 0 Å². The number of likely N-dealkylation sites (N-methyl/N-ethyl adjacent to an activating group) is 1. The molecule has 0 radical (unpaired) electrons. The lowest BCUT2D eigenvalue weighted by Gasteiger charge is -2.19. The first-order valence-electron chi connectivity index (χ1n) is 10.6. The van der Waals surface area contributed by atoms with Crippen molar-refractivity contribution in [3.05, 3.63) is 42.7 Å². The Morgan fingerprint density at radius 1 is 1.00 bits per heavy atom. The third-order valence-corrected chi connectivity index (χ3v) is 4.91. The van der Waals surface area contributed by atoms with E-state index >= 15 is 0 Å². The summed E-state index contributed by atoms with van der Waals surface area (Å²) in [5.41, 5.74) is 0.814. The number of aromatic nitrogens is 4. The smallest absolute Gasteiger partial charge is 0.229 e. The maximum absolute atomic E-state index is 5.99. The monoisotopic (exact) mass is 425 g/mol. The zero-order chi connectivity index (χ0) is 22.1. The van der Waals surface area contributed by atoms with Crippen LogP contribution in [0.1, 0.15) is 20.8 Å². The van der Waals surface area contributed by atoms with Crippen LogP contribution in [0.15, 0.2) is 42.7 Å². The second-order valence-corrected chi connectivity index (χ2v) is 6.79. The number of anilines is 4. The molecule has 2 heterocycles. The molecule has 2 aromatic heterocycles. The van der Waals surface area contributed by atoms with Crippen molar-refractivity contribution >= 4 is 23.3 Å². The average Bonchev–Trinajstić information content (AvgIpc) is 3.24. The van der Waals surface area contributed by atoms with E-state index in [9.17, 15) is 0 Å². The molecule has 0 aliphatic heterocycles. The fourth-order valence-corrected chi connectivity index (χ4v) is 3.13. The van der Waals surface area contributed by atoms with Crippen LogP contribution in [0.4, 0.5) is 23.3 Å². The van der Waals surface area contributed by atoms with E-state index in [1.54, 1.807) is 19.5 Å². The fraction of sp³-hybridized carbons (Fsp3) is 0.409. The zero-order valence-corrected chi connectivity index (χ0v) is 18.6. The number of nitrogens with zero attached hydrogens (tertiary/aromatic N) is 5. The average molecular weight is 426 g/mol. The van der Waals surface area contributed by atoms with Gasteiger partial charge in [-0.2, -0.15) is 10.1 Å². The minimum Gasteiger partial charge on any atom is -0.493 e. The van der Waals surface area contributed by atoms with Crippen molar-refractivity contribution in [3.8, 4) is 11.5 Å². The summed E-state index contributed by atoms with van der Waals surface area (Å²) in [6.45, 7) is 10.5. The Morgan fingerprint density at radius 3 is 2.58 bits per heavy atom. The molecule has 3 aromatic rings. The second-order valence-electron chi connectivity index (χ2n) is 6.79. The Hall–Kier alpha value is -3.33. The normalized spacial score (nSPS) is 10.9. The Morgan fingerprint density at radius 2 is 1.84 bits per heavy atom. The molecule has 166 valence electrons. The van der Waals surface area contributed by atoms with Crippen LogP contribution in [0.5, 0.6) is 11.5 Å². The molecular weight excluding hydrogens is 394 g/mol. The van der Waals surface area contributed by atoms with Gasteiger partial charge < -0.3 is 25.0 Å². The predicted octanol–water partition coefficient (Wildman–Crippen LogP) is 3.91. The van der Waals surface area contributed by atoms with Gasteiger partial charge in [0.25, 0.3) is 0 Å². The molecule has 0 fully saturated rings. The van der Waals surface area contributed by atoms with Gasteiger partial charge in [0.2, 0.25) is 5.95 Å². The quantitative estimate of drug-likeness (QED) is 0.451. The highest BCUT2D eigenvalue weighted by Gasteiger charge is 2.09. The van der Waals surface area contributed by atoms with Gasteiger partial charge >= 0.3 is 0 Å². The summed E-state index contributed by atoms with van der Waals surface area (Å²) in [6.07, 6.45) is 3.46. The Kier molecular flexibility index (Phi) is 8.05. The number of aryl methyl sites for hydroxylation is 1. The summed E-state index contributed by atoms with van der Waals surface area (Å²) in [6, 6.07) is 9.40. The molecule has 0 unspecified atom stereocenters. The fourth-order valence-electron chi connectivity index (χ4n) is 3.13. The van der Waals surface area contributed by atoms with E-state index in [2.05, 4.69) is 44.4 Å². The first-order chi connectivity index (χ1) is 15.2. The third-order valence-electron chi connectivity index (χ3n) is 4.91. The first-order valence-corrected chi connectivity index (χ1v) is 10.6. The van der Waals surface area contributed by atoms with E-state index in [1.165, 1.54) is 0 Å². The van der Waals surface area contributed by atoms with Crippen molar-refractivity contribution in [3.63, 3.8) is 0 Å². The molecule has 0 atom stereocenters. The summed E-state index contributed by atoms with van der Waals surface area (Å²) in [4.78, 5) is 11.2. The third kappa shape index (κ3) is 6.08. The van der Waals surface area contributed by atoms with Gasteiger partial charge in [-0.05, 0) is 38.2 Å². The zero-order valence-electron chi connectivity index (χ0n) is 18.6. The molecular formula is C22H31N7O2. The maximum Gasteiger partial charge on any atom is 0.229 e. The lowest BCUT2D eigenvalue weighted by molar-refractivity contribution is 0.217.